The summed E-state index contributed by atoms with van der Waals surface area (Å²) < 4.78 is 29.0. The van der Waals surface area contributed by atoms with Gasteiger partial charge in [-0.25, -0.2) is 8.42 Å². The first-order valence-corrected chi connectivity index (χ1v) is 9.24. The molecular formula is C15H20N4O3S. The Bertz CT molecular complexity index is 770. The first-order chi connectivity index (χ1) is 11.0. The van der Waals surface area contributed by atoms with E-state index in [1.165, 1.54) is 0 Å². The van der Waals surface area contributed by atoms with Gasteiger partial charge >= 0.3 is 0 Å². The van der Waals surface area contributed by atoms with E-state index in [-0.39, 0.29) is 11.8 Å². The van der Waals surface area contributed by atoms with Gasteiger partial charge in [0.1, 0.15) is 0 Å². The Balaban J connectivity index is 1.83. The lowest BCUT2D eigenvalue weighted by Crippen LogP contribution is -2.44. The highest BCUT2D eigenvalue weighted by molar-refractivity contribution is 7.91. The fourth-order valence-electron chi connectivity index (χ4n) is 2.55. The topological polar surface area (TPSA) is 88.3 Å². The molecule has 2 aromatic rings. The maximum Gasteiger partial charge on any atom is 0.257 e. The van der Waals surface area contributed by atoms with Crippen molar-refractivity contribution in [2.45, 2.75) is 17.9 Å². The second-order valence-corrected chi connectivity index (χ2v) is 7.86. The molecule has 0 spiro atoms. The number of aromatic nitrogens is 2. The number of hydrogen-bond acceptors (Lipinski definition) is 7. The summed E-state index contributed by atoms with van der Waals surface area (Å²) in [5, 5.41) is 7.38. The van der Waals surface area contributed by atoms with Crippen molar-refractivity contribution in [3.63, 3.8) is 0 Å². The van der Waals surface area contributed by atoms with Crippen molar-refractivity contribution in [3.05, 3.63) is 30.1 Å². The van der Waals surface area contributed by atoms with Gasteiger partial charge in [-0.3, -0.25) is 4.90 Å². The highest BCUT2D eigenvalue weighted by Crippen LogP contribution is 2.24. The zero-order valence-electron chi connectivity index (χ0n) is 13.2. The normalized spacial score (nSPS) is 19.8. The Morgan fingerprint density at radius 2 is 2.09 bits per heavy atom. The monoisotopic (exact) mass is 336 g/mol. The van der Waals surface area contributed by atoms with Crippen LogP contribution in [0, 0.1) is 0 Å². The molecule has 1 atom stereocenters. The molecule has 0 saturated carbocycles. The Kier molecular flexibility index (Phi) is 4.47. The minimum atomic E-state index is -3.20. The SMILES string of the molecule is CCS(=O)(=O)c1ccc(-c2nc(C3CNCCN3C)no2)cc1. The van der Waals surface area contributed by atoms with Crippen molar-refractivity contribution in [1.29, 1.82) is 0 Å². The van der Waals surface area contributed by atoms with Crippen LogP contribution >= 0.6 is 0 Å². The van der Waals surface area contributed by atoms with E-state index in [4.69, 9.17) is 4.52 Å². The smallest absolute Gasteiger partial charge is 0.257 e. The average molecular weight is 336 g/mol. The maximum atomic E-state index is 11.8. The van der Waals surface area contributed by atoms with E-state index in [1.807, 2.05) is 7.05 Å². The van der Waals surface area contributed by atoms with Gasteiger partial charge in [0, 0.05) is 25.2 Å². The minimum absolute atomic E-state index is 0.0814. The number of rotatable bonds is 4. The van der Waals surface area contributed by atoms with Crippen molar-refractivity contribution >= 4 is 9.84 Å². The molecule has 3 rings (SSSR count). The number of piperazine rings is 1. The molecule has 1 aromatic heterocycles. The lowest BCUT2D eigenvalue weighted by Gasteiger charge is -2.30. The van der Waals surface area contributed by atoms with E-state index in [9.17, 15) is 8.42 Å². The van der Waals surface area contributed by atoms with E-state index >= 15 is 0 Å². The number of nitrogens with zero attached hydrogens (tertiary/aromatic N) is 3. The van der Waals surface area contributed by atoms with Gasteiger partial charge in [-0.15, -0.1) is 0 Å². The van der Waals surface area contributed by atoms with E-state index in [2.05, 4.69) is 20.4 Å². The molecule has 1 unspecified atom stereocenters. The molecule has 8 heteroatoms. The molecule has 2 heterocycles. The predicted molar refractivity (Wildman–Crippen MR) is 85.7 cm³/mol. The zero-order chi connectivity index (χ0) is 16.4. The number of hydrogen-bond donors (Lipinski definition) is 1. The predicted octanol–water partition coefficient (Wildman–Crippen LogP) is 1.11. The molecule has 0 aliphatic carbocycles. The van der Waals surface area contributed by atoms with Gasteiger partial charge in [-0.1, -0.05) is 12.1 Å². The minimum Gasteiger partial charge on any atom is -0.334 e. The first-order valence-electron chi connectivity index (χ1n) is 7.59. The molecule has 1 aliphatic heterocycles. The second kappa shape index (κ2) is 6.38. The van der Waals surface area contributed by atoms with Gasteiger partial charge in [0.15, 0.2) is 15.7 Å². The van der Waals surface area contributed by atoms with Gasteiger partial charge in [-0.2, -0.15) is 4.98 Å². The molecule has 1 saturated heterocycles. The van der Waals surface area contributed by atoms with Gasteiger partial charge in [0.25, 0.3) is 5.89 Å². The van der Waals surface area contributed by atoms with Crippen molar-refractivity contribution < 1.29 is 12.9 Å². The number of nitrogens with one attached hydrogen (secondary N) is 1. The van der Waals surface area contributed by atoms with Crippen LogP contribution in [-0.4, -0.2) is 55.9 Å². The van der Waals surface area contributed by atoms with E-state index in [0.717, 1.165) is 19.6 Å². The quantitative estimate of drug-likeness (QED) is 0.894. The van der Waals surface area contributed by atoms with Crippen molar-refractivity contribution in [2.24, 2.45) is 0 Å². The number of sulfone groups is 1. The highest BCUT2D eigenvalue weighted by atomic mass is 32.2. The molecule has 23 heavy (non-hydrogen) atoms. The third-order valence-corrected chi connectivity index (χ3v) is 5.84. The summed E-state index contributed by atoms with van der Waals surface area (Å²) >= 11 is 0. The summed E-state index contributed by atoms with van der Waals surface area (Å²) in [6, 6.07) is 6.63. The van der Waals surface area contributed by atoms with Gasteiger partial charge in [-0.05, 0) is 31.3 Å². The second-order valence-electron chi connectivity index (χ2n) is 5.59. The molecule has 1 aliphatic rings. The molecule has 1 N–H and O–H groups in total. The summed E-state index contributed by atoms with van der Waals surface area (Å²) in [5.74, 6) is 1.12. The molecule has 1 fully saturated rings. The fraction of sp³-hybridized carbons (Fsp3) is 0.467. The Hall–Kier alpha value is -1.77. The van der Waals surface area contributed by atoms with E-state index < -0.39 is 9.84 Å². The van der Waals surface area contributed by atoms with E-state index in [0.29, 0.717) is 22.2 Å². The third kappa shape index (κ3) is 3.29. The summed E-state index contributed by atoms with van der Waals surface area (Å²) in [6.45, 7) is 4.29. The Labute approximate surface area is 135 Å². The summed E-state index contributed by atoms with van der Waals surface area (Å²) in [4.78, 5) is 6.95. The van der Waals surface area contributed by atoms with Crippen LogP contribution < -0.4 is 5.32 Å². The van der Waals surface area contributed by atoms with Gasteiger partial charge in [0.2, 0.25) is 0 Å². The lowest BCUT2D eigenvalue weighted by molar-refractivity contribution is 0.190. The summed E-state index contributed by atoms with van der Waals surface area (Å²) in [7, 11) is -1.16. The molecule has 124 valence electrons. The fourth-order valence-corrected chi connectivity index (χ4v) is 3.44. The Morgan fingerprint density at radius 1 is 1.35 bits per heavy atom. The lowest BCUT2D eigenvalue weighted by atomic mass is 10.2. The third-order valence-electron chi connectivity index (χ3n) is 4.09. The van der Waals surface area contributed by atoms with Crippen LogP contribution in [0.3, 0.4) is 0 Å². The summed E-state index contributed by atoms with van der Waals surface area (Å²) in [5.41, 5.74) is 0.713. The van der Waals surface area contributed by atoms with Crippen LogP contribution in [-0.2, 0) is 9.84 Å². The molecule has 0 bridgehead atoms. The van der Waals surface area contributed by atoms with Crippen LogP contribution in [0.1, 0.15) is 18.8 Å². The number of benzene rings is 1. The molecule has 0 amide bonds. The van der Waals surface area contributed by atoms with Crippen molar-refractivity contribution in [1.82, 2.24) is 20.4 Å². The van der Waals surface area contributed by atoms with Crippen LogP contribution in [0.4, 0.5) is 0 Å². The first kappa shape index (κ1) is 16.1. The van der Waals surface area contributed by atoms with Crippen LogP contribution in [0.2, 0.25) is 0 Å². The molecule has 7 nitrogen and oxygen atoms in total. The number of likely N-dealkylation sites (N-methyl/N-ethyl adjacent to an activating group) is 1. The molecular weight excluding hydrogens is 316 g/mol. The van der Waals surface area contributed by atoms with Crippen LogP contribution in [0.25, 0.3) is 11.5 Å². The zero-order valence-corrected chi connectivity index (χ0v) is 14.0. The molecule has 1 aromatic carbocycles. The molecule has 0 radical (unpaired) electrons. The highest BCUT2D eigenvalue weighted by Gasteiger charge is 2.25. The van der Waals surface area contributed by atoms with Gasteiger partial charge in [0.05, 0.1) is 16.7 Å². The van der Waals surface area contributed by atoms with Crippen molar-refractivity contribution in [3.8, 4) is 11.5 Å². The average Bonchev–Trinajstić information content (AvgIpc) is 3.05. The van der Waals surface area contributed by atoms with Crippen LogP contribution in [0.15, 0.2) is 33.7 Å². The van der Waals surface area contributed by atoms with Crippen molar-refractivity contribution in [2.75, 3.05) is 32.4 Å². The standard InChI is InChI=1S/C15H20N4O3S/c1-3-23(20,21)12-6-4-11(5-7-12)15-17-14(18-22-15)13-10-16-8-9-19(13)2/h4-7,13,16H,3,8-10H2,1-2H3. The van der Waals surface area contributed by atoms with Crippen LogP contribution in [0.5, 0.6) is 0 Å². The largest absolute Gasteiger partial charge is 0.334 e. The maximum absolute atomic E-state index is 11.8. The summed E-state index contributed by atoms with van der Waals surface area (Å²) in [6.07, 6.45) is 0. The Morgan fingerprint density at radius 3 is 2.74 bits per heavy atom. The van der Waals surface area contributed by atoms with Gasteiger partial charge < -0.3 is 9.84 Å². The van der Waals surface area contributed by atoms with E-state index in [1.54, 1.807) is 31.2 Å².